The van der Waals surface area contributed by atoms with Crippen molar-refractivity contribution in [2.75, 3.05) is 17.3 Å². The van der Waals surface area contributed by atoms with Gasteiger partial charge in [-0.1, -0.05) is 59.9 Å². The van der Waals surface area contributed by atoms with Gasteiger partial charge in [-0.05, 0) is 44.9 Å². The van der Waals surface area contributed by atoms with E-state index in [0.717, 1.165) is 28.2 Å². The highest BCUT2D eigenvalue weighted by Gasteiger charge is 2.30. The Morgan fingerprint density at radius 1 is 1.00 bits per heavy atom. The fraction of sp³-hybridized carbons (Fsp3) is 0.600. The molecule has 0 fully saturated rings. The molecule has 0 bridgehead atoms. The lowest BCUT2D eigenvalue weighted by molar-refractivity contribution is -0.00940. The molecule has 4 heteroatoms. The molecule has 0 aliphatic carbocycles. The summed E-state index contributed by atoms with van der Waals surface area (Å²) >= 11 is 10.8. The predicted octanol–water partition coefficient (Wildman–Crippen LogP) is 5.68. The third-order valence-corrected chi connectivity index (χ3v) is 5.76. The van der Waals surface area contributed by atoms with Crippen molar-refractivity contribution in [3.63, 3.8) is 0 Å². The SMILES string of the molecule is CC(C)(C)OCCC(CBr)(CBr)c1ccc(Br)cc1. The molecule has 19 heavy (non-hydrogen) atoms. The van der Waals surface area contributed by atoms with E-state index in [4.69, 9.17) is 4.74 Å². The molecule has 0 aromatic heterocycles. The summed E-state index contributed by atoms with van der Waals surface area (Å²) in [5.41, 5.74) is 1.33. The maximum absolute atomic E-state index is 5.88. The maximum Gasteiger partial charge on any atom is 0.0598 e. The van der Waals surface area contributed by atoms with Gasteiger partial charge in [-0.3, -0.25) is 0 Å². The molecule has 0 aliphatic rings. The molecule has 0 unspecified atom stereocenters. The van der Waals surface area contributed by atoms with E-state index in [1.165, 1.54) is 5.56 Å². The molecule has 0 heterocycles. The molecule has 0 amide bonds. The van der Waals surface area contributed by atoms with Gasteiger partial charge in [0.2, 0.25) is 0 Å². The highest BCUT2D eigenvalue weighted by Crippen LogP contribution is 2.33. The topological polar surface area (TPSA) is 9.23 Å². The summed E-state index contributed by atoms with van der Waals surface area (Å²) in [5, 5.41) is 1.83. The summed E-state index contributed by atoms with van der Waals surface area (Å²) in [5.74, 6) is 0. The summed E-state index contributed by atoms with van der Waals surface area (Å²) in [4.78, 5) is 0. The van der Waals surface area contributed by atoms with Gasteiger partial charge in [0.15, 0.2) is 0 Å². The number of ether oxygens (including phenoxy) is 1. The minimum absolute atomic E-state index is 0.0753. The molecular weight excluding hydrogens is 436 g/mol. The lowest BCUT2D eigenvalue weighted by atomic mass is 9.82. The van der Waals surface area contributed by atoms with Crippen LogP contribution in [0, 0.1) is 0 Å². The summed E-state index contributed by atoms with van der Waals surface area (Å²) in [7, 11) is 0. The van der Waals surface area contributed by atoms with Crippen LogP contribution in [0.1, 0.15) is 32.8 Å². The Labute approximate surface area is 141 Å². The molecule has 0 N–H and O–H groups in total. The van der Waals surface area contributed by atoms with Crippen LogP contribution < -0.4 is 0 Å². The van der Waals surface area contributed by atoms with E-state index >= 15 is 0 Å². The van der Waals surface area contributed by atoms with Crippen LogP contribution in [0.2, 0.25) is 0 Å². The summed E-state index contributed by atoms with van der Waals surface area (Å²) in [6.07, 6.45) is 0.988. The molecule has 0 aliphatic heterocycles. The number of alkyl halides is 2. The van der Waals surface area contributed by atoms with Crippen molar-refractivity contribution in [1.82, 2.24) is 0 Å². The van der Waals surface area contributed by atoms with E-state index in [0.29, 0.717) is 0 Å². The van der Waals surface area contributed by atoms with Crippen LogP contribution in [0.25, 0.3) is 0 Å². The first kappa shape index (κ1) is 17.7. The summed E-state index contributed by atoms with van der Waals surface area (Å²) in [6, 6.07) is 8.56. The Hall–Kier alpha value is 0.620. The highest BCUT2D eigenvalue weighted by molar-refractivity contribution is 9.10. The van der Waals surface area contributed by atoms with E-state index < -0.39 is 0 Å². The van der Waals surface area contributed by atoms with Crippen molar-refractivity contribution in [3.05, 3.63) is 34.3 Å². The standard InChI is InChI=1S/C15H21Br3O/c1-14(2,3)19-9-8-15(10-16,11-17)12-4-6-13(18)7-5-12/h4-7H,8-11H2,1-3H3. The van der Waals surface area contributed by atoms with Gasteiger partial charge in [0.05, 0.1) is 5.60 Å². The minimum Gasteiger partial charge on any atom is -0.376 e. The van der Waals surface area contributed by atoms with Crippen molar-refractivity contribution in [1.29, 1.82) is 0 Å². The molecule has 0 radical (unpaired) electrons. The smallest absolute Gasteiger partial charge is 0.0598 e. The number of hydrogen-bond donors (Lipinski definition) is 0. The molecule has 1 aromatic rings. The lowest BCUT2D eigenvalue weighted by Gasteiger charge is -2.32. The molecule has 0 saturated heterocycles. The average Bonchev–Trinajstić information content (AvgIpc) is 2.35. The molecule has 1 rings (SSSR count). The van der Waals surface area contributed by atoms with Gasteiger partial charge in [-0.2, -0.15) is 0 Å². The fourth-order valence-corrected chi connectivity index (χ4v) is 4.23. The largest absolute Gasteiger partial charge is 0.376 e. The van der Waals surface area contributed by atoms with Gasteiger partial charge in [0.1, 0.15) is 0 Å². The van der Waals surface area contributed by atoms with Crippen LogP contribution >= 0.6 is 47.8 Å². The van der Waals surface area contributed by atoms with Gasteiger partial charge in [-0.15, -0.1) is 0 Å². The van der Waals surface area contributed by atoms with Crippen molar-refractivity contribution in [2.45, 2.75) is 38.2 Å². The zero-order chi connectivity index (χ0) is 14.5. The highest BCUT2D eigenvalue weighted by atomic mass is 79.9. The first-order valence-corrected chi connectivity index (χ1v) is 9.38. The Bertz CT molecular complexity index is 377. The van der Waals surface area contributed by atoms with Crippen molar-refractivity contribution in [3.8, 4) is 0 Å². The van der Waals surface area contributed by atoms with Gasteiger partial charge in [0, 0.05) is 27.2 Å². The maximum atomic E-state index is 5.88. The van der Waals surface area contributed by atoms with E-state index in [-0.39, 0.29) is 11.0 Å². The van der Waals surface area contributed by atoms with Crippen molar-refractivity contribution < 1.29 is 4.74 Å². The van der Waals surface area contributed by atoms with Crippen LogP contribution in [-0.2, 0) is 10.2 Å². The van der Waals surface area contributed by atoms with Crippen LogP contribution in [0.5, 0.6) is 0 Å². The molecular formula is C15H21Br3O. The second-order valence-corrected chi connectivity index (χ2v) is 7.80. The van der Waals surface area contributed by atoms with Gasteiger partial charge < -0.3 is 4.74 Å². The molecule has 0 spiro atoms. The zero-order valence-corrected chi connectivity index (χ0v) is 16.4. The Kier molecular flexibility index (Phi) is 7.05. The Morgan fingerprint density at radius 2 is 1.53 bits per heavy atom. The third-order valence-electron chi connectivity index (χ3n) is 3.08. The molecule has 1 nitrogen and oxygen atoms in total. The molecule has 0 saturated carbocycles. The van der Waals surface area contributed by atoms with E-state index in [9.17, 15) is 0 Å². The monoisotopic (exact) mass is 454 g/mol. The fourth-order valence-electron chi connectivity index (χ4n) is 1.82. The van der Waals surface area contributed by atoms with E-state index in [1.54, 1.807) is 0 Å². The molecule has 1 aromatic carbocycles. The van der Waals surface area contributed by atoms with Crippen molar-refractivity contribution in [2.24, 2.45) is 0 Å². The van der Waals surface area contributed by atoms with Crippen molar-refractivity contribution >= 4 is 47.8 Å². The van der Waals surface area contributed by atoms with Gasteiger partial charge >= 0.3 is 0 Å². The van der Waals surface area contributed by atoms with E-state index in [2.05, 4.69) is 92.8 Å². The van der Waals surface area contributed by atoms with Crippen LogP contribution in [-0.4, -0.2) is 22.9 Å². The molecule has 108 valence electrons. The van der Waals surface area contributed by atoms with E-state index in [1.807, 2.05) is 0 Å². The summed E-state index contributed by atoms with van der Waals surface area (Å²) in [6.45, 7) is 7.04. The quantitative estimate of drug-likeness (QED) is 0.500. The van der Waals surface area contributed by atoms with Crippen LogP contribution in [0.4, 0.5) is 0 Å². The minimum atomic E-state index is -0.0793. The second kappa shape index (κ2) is 7.58. The van der Waals surface area contributed by atoms with Crippen LogP contribution in [0.3, 0.4) is 0 Å². The zero-order valence-electron chi connectivity index (χ0n) is 11.7. The van der Waals surface area contributed by atoms with Gasteiger partial charge in [-0.25, -0.2) is 0 Å². The first-order valence-electron chi connectivity index (χ1n) is 6.35. The molecule has 0 atom stereocenters. The second-order valence-electron chi connectivity index (χ2n) is 5.77. The predicted molar refractivity (Wildman–Crippen MR) is 93.7 cm³/mol. The lowest BCUT2D eigenvalue weighted by Crippen LogP contribution is -2.33. The Morgan fingerprint density at radius 3 is 1.95 bits per heavy atom. The van der Waals surface area contributed by atoms with Crippen LogP contribution in [0.15, 0.2) is 28.7 Å². The number of halogens is 3. The summed E-state index contributed by atoms with van der Waals surface area (Å²) < 4.78 is 6.99. The number of hydrogen-bond acceptors (Lipinski definition) is 1. The number of benzene rings is 1. The normalized spacial score (nSPS) is 12.7. The Balaban J connectivity index is 2.82. The average molecular weight is 457 g/mol. The van der Waals surface area contributed by atoms with Gasteiger partial charge in [0.25, 0.3) is 0 Å². The third kappa shape index (κ3) is 5.49. The number of rotatable bonds is 6. The first-order chi connectivity index (χ1) is 8.83.